The van der Waals surface area contributed by atoms with Crippen LogP contribution in [0.3, 0.4) is 0 Å². The summed E-state index contributed by atoms with van der Waals surface area (Å²) in [7, 11) is 0. The van der Waals surface area contributed by atoms with Crippen molar-refractivity contribution in [3.63, 3.8) is 0 Å². The minimum atomic E-state index is -1.62. The van der Waals surface area contributed by atoms with E-state index in [1.165, 1.54) is 0 Å². The normalized spacial score (nSPS) is 40.8. The Bertz CT molecular complexity index is 271. The highest BCUT2D eigenvalue weighted by Crippen LogP contribution is 2.32. The van der Waals surface area contributed by atoms with E-state index in [2.05, 4.69) is 0 Å². The van der Waals surface area contributed by atoms with E-state index in [-0.39, 0.29) is 0 Å². The number of carboxylic acids is 1. The Balaban J connectivity index is 2.94. The average molecular weight is 234 g/mol. The third-order valence-corrected chi connectivity index (χ3v) is 2.71. The van der Waals surface area contributed by atoms with Crippen molar-refractivity contribution in [2.24, 2.45) is 5.41 Å². The molecule has 1 heterocycles. The molecule has 0 aromatic heterocycles. The van der Waals surface area contributed by atoms with Crippen LogP contribution in [0.2, 0.25) is 0 Å². The van der Waals surface area contributed by atoms with Crippen molar-refractivity contribution in [3.8, 4) is 0 Å². The molecule has 94 valence electrons. The maximum atomic E-state index is 10.8. The topological polar surface area (TPSA) is 107 Å². The molecule has 1 saturated heterocycles. The van der Waals surface area contributed by atoms with Gasteiger partial charge in [-0.1, -0.05) is 20.8 Å². The molecule has 0 aromatic carbocycles. The molecule has 1 rings (SSSR count). The first-order valence-electron chi connectivity index (χ1n) is 5.08. The highest BCUT2D eigenvalue weighted by atomic mass is 16.6. The predicted molar refractivity (Wildman–Crippen MR) is 53.8 cm³/mol. The van der Waals surface area contributed by atoms with Crippen LogP contribution in [-0.4, -0.2) is 56.9 Å². The van der Waals surface area contributed by atoms with Gasteiger partial charge in [-0.15, -0.1) is 0 Å². The molecule has 0 spiro atoms. The number of carboxylic acid groups (broad SMARTS) is 1. The summed E-state index contributed by atoms with van der Waals surface area (Å²) >= 11 is 0. The Labute approximate surface area is 93.5 Å². The number of hydrogen-bond donors (Lipinski definition) is 4. The molecular weight excluding hydrogens is 216 g/mol. The Morgan fingerprint density at radius 1 is 1.06 bits per heavy atom. The fourth-order valence-corrected chi connectivity index (χ4v) is 1.80. The standard InChI is InChI=1S/C10H18O6/c1-10(2,3)8-6(13)4(11)5(12)7(16-8)9(14)15/h4-8,11-13H,1-3H3,(H,14,15)/t4-,5-,6?,7?,8-/m0/s1. The van der Waals surface area contributed by atoms with Crippen LogP contribution in [-0.2, 0) is 9.53 Å². The number of aliphatic carboxylic acids is 1. The quantitative estimate of drug-likeness (QED) is 0.462. The van der Waals surface area contributed by atoms with Gasteiger partial charge in [0.15, 0.2) is 6.10 Å². The molecule has 16 heavy (non-hydrogen) atoms. The minimum Gasteiger partial charge on any atom is -0.479 e. The van der Waals surface area contributed by atoms with Gasteiger partial charge in [0.25, 0.3) is 0 Å². The van der Waals surface area contributed by atoms with Crippen LogP contribution in [0.4, 0.5) is 0 Å². The summed E-state index contributed by atoms with van der Waals surface area (Å²) in [5, 5.41) is 37.5. The van der Waals surface area contributed by atoms with E-state index in [4.69, 9.17) is 9.84 Å². The molecule has 4 N–H and O–H groups in total. The lowest BCUT2D eigenvalue weighted by atomic mass is 9.80. The zero-order chi connectivity index (χ0) is 12.7. The minimum absolute atomic E-state index is 0.533. The maximum absolute atomic E-state index is 10.8. The summed E-state index contributed by atoms with van der Waals surface area (Å²) in [5.41, 5.74) is -0.533. The van der Waals surface area contributed by atoms with E-state index in [1.807, 2.05) is 0 Å². The van der Waals surface area contributed by atoms with Crippen molar-refractivity contribution in [1.82, 2.24) is 0 Å². The number of rotatable bonds is 1. The van der Waals surface area contributed by atoms with E-state index in [1.54, 1.807) is 20.8 Å². The molecule has 0 saturated carbocycles. The second-order valence-electron chi connectivity index (χ2n) is 5.15. The maximum Gasteiger partial charge on any atom is 0.335 e. The van der Waals surface area contributed by atoms with E-state index in [0.717, 1.165) is 0 Å². The van der Waals surface area contributed by atoms with Gasteiger partial charge in [0, 0.05) is 0 Å². The van der Waals surface area contributed by atoms with Gasteiger partial charge < -0.3 is 25.2 Å². The van der Waals surface area contributed by atoms with E-state index in [9.17, 15) is 20.1 Å². The number of ether oxygens (including phenoxy) is 1. The lowest BCUT2D eigenvalue weighted by molar-refractivity contribution is -0.246. The molecule has 5 atom stereocenters. The van der Waals surface area contributed by atoms with Crippen molar-refractivity contribution in [2.75, 3.05) is 0 Å². The van der Waals surface area contributed by atoms with Gasteiger partial charge in [-0.2, -0.15) is 0 Å². The molecule has 2 unspecified atom stereocenters. The number of carbonyl (C=O) groups is 1. The van der Waals surface area contributed by atoms with Gasteiger partial charge in [0.05, 0.1) is 6.10 Å². The summed E-state index contributed by atoms with van der Waals surface area (Å²) in [4.78, 5) is 10.8. The highest BCUT2D eigenvalue weighted by molar-refractivity contribution is 5.73. The molecule has 1 fully saturated rings. The molecule has 6 nitrogen and oxygen atoms in total. The van der Waals surface area contributed by atoms with Crippen LogP contribution in [0, 0.1) is 5.41 Å². The monoisotopic (exact) mass is 234 g/mol. The first-order chi connectivity index (χ1) is 7.16. The third kappa shape index (κ3) is 2.35. The van der Waals surface area contributed by atoms with E-state index >= 15 is 0 Å². The van der Waals surface area contributed by atoms with Crippen molar-refractivity contribution in [3.05, 3.63) is 0 Å². The van der Waals surface area contributed by atoms with E-state index in [0.29, 0.717) is 0 Å². The lowest BCUT2D eigenvalue weighted by Gasteiger charge is -2.44. The first kappa shape index (κ1) is 13.4. The van der Waals surface area contributed by atoms with Crippen LogP contribution in [0.5, 0.6) is 0 Å². The smallest absolute Gasteiger partial charge is 0.335 e. The van der Waals surface area contributed by atoms with Gasteiger partial charge in [-0.05, 0) is 5.41 Å². The SMILES string of the molecule is CC(C)(C)[C@H]1OC(C(=O)O)[C@@H](O)[C@H](O)C1O. The van der Waals surface area contributed by atoms with Crippen LogP contribution >= 0.6 is 0 Å². The Kier molecular flexibility index (Phi) is 3.59. The third-order valence-electron chi connectivity index (χ3n) is 2.71. The van der Waals surface area contributed by atoms with Crippen LogP contribution < -0.4 is 0 Å². The van der Waals surface area contributed by atoms with Gasteiger partial charge >= 0.3 is 5.97 Å². The van der Waals surface area contributed by atoms with Gasteiger partial charge in [-0.25, -0.2) is 4.79 Å². The summed E-state index contributed by atoms with van der Waals surface area (Å²) < 4.78 is 5.15. The van der Waals surface area contributed by atoms with Crippen molar-refractivity contribution >= 4 is 5.97 Å². The fraction of sp³-hybridized carbons (Fsp3) is 0.900. The van der Waals surface area contributed by atoms with Crippen molar-refractivity contribution < 1.29 is 30.0 Å². The molecule has 0 bridgehead atoms. The van der Waals surface area contributed by atoms with E-state index < -0.39 is 41.9 Å². The molecule has 0 aromatic rings. The second kappa shape index (κ2) is 4.29. The zero-order valence-corrected chi connectivity index (χ0v) is 9.49. The van der Waals surface area contributed by atoms with Crippen molar-refractivity contribution in [1.29, 1.82) is 0 Å². The molecule has 0 aliphatic carbocycles. The zero-order valence-electron chi connectivity index (χ0n) is 9.49. The average Bonchev–Trinajstić information content (AvgIpc) is 2.11. The van der Waals surface area contributed by atoms with Gasteiger partial charge in [-0.3, -0.25) is 0 Å². The molecule has 1 aliphatic rings. The summed E-state index contributed by atoms with van der Waals surface area (Å²) in [6.45, 7) is 5.26. The van der Waals surface area contributed by atoms with Crippen molar-refractivity contribution in [2.45, 2.75) is 51.3 Å². The summed E-state index contributed by atoms with van der Waals surface area (Å²) in [6.07, 6.45) is -6.79. The number of aliphatic hydroxyl groups is 3. The first-order valence-corrected chi connectivity index (χ1v) is 5.08. The molecule has 6 heteroatoms. The fourth-order valence-electron chi connectivity index (χ4n) is 1.80. The largest absolute Gasteiger partial charge is 0.479 e. The number of hydrogen-bond acceptors (Lipinski definition) is 5. The van der Waals surface area contributed by atoms with Gasteiger partial charge in [0.1, 0.15) is 18.3 Å². The highest BCUT2D eigenvalue weighted by Gasteiger charge is 2.50. The Morgan fingerprint density at radius 2 is 1.56 bits per heavy atom. The van der Waals surface area contributed by atoms with Crippen LogP contribution in [0.25, 0.3) is 0 Å². The summed E-state index contributed by atoms with van der Waals surface area (Å²) in [5.74, 6) is -1.35. The van der Waals surface area contributed by atoms with Crippen LogP contribution in [0.1, 0.15) is 20.8 Å². The van der Waals surface area contributed by atoms with Crippen LogP contribution in [0.15, 0.2) is 0 Å². The Hall–Kier alpha value is -0.690. The Morgan fingerprint density at radius 3 is 1.94 bits per heavy atom. The van der Waals surface area contributed by atoms with Gasteiger partial charge in [0.2, 0.25) is 0 Å². The second-order valence-corrected chi connectivity index (χ2v) is 5.15. The summed E-state index contributed by atoms with van der Waals surface area (Å²) in [6, 6.07) is 0. The molecule has 0 radical (unpaired) electrons. The molecule has 0 amide bonds. The molecular formula is C10H18O6. The predicted octanol–water partition coefficient (Wildman–Crippen LogP) is -1.03. The number of aliphatic hydroxyl groups excluding tert-OH is 3. The molecule has 1 aliphatic heterocycles. The lowest BCUT2D eigenvalue weighted by Crippen LogP contribution is -2.62.